The number of aliphatic hydroxyl groups is 1. The van der Waals surface area contributed by atoms with Gasteiger partial charge in [-0.1, -0.05) is 13.8 Å². The van der Waals surface area contributed by atoms with E-state index in [0.717, 1.165) is 38.2 Å². The molecule has 0 aliphatic carbocycles. The van der Waals surface area contributed by atoms with Gasteiger partial charge in [0.25, 0.3) is 5.91 Å². The summed E-state index contributed by atoms with van der Waals surface area (Å²) in [7, 11) is 0. The van der Waals surface area contributed by atoms with Gasteiger partial charge < -0.3 is 15.3 Å². The topological polar surface area (TPSA) is 70.4 Å². The molecule has 0 radical (unpaired) electrons. The maximum absolute atomic E-state index is 12.4. The Bertz CT molecular complexity index is 513. The fraction of sp³-hybridized carbons (Fsp3) is 0.765. The first-order valence-corrected chi connectivity index (χ1v) is 8.74. The molecule has 1 amide bonds. The molecule has 1 aromatic rings. The van der Waals surface area contributed by atoms with Crippen LogP contribution in [0.5, 0.6) is 0 Å². The summed E-state index contributed by atoms with van der Waals surface area (Å²) in [6.07, 6.45) is 2.23. The fourth-order valence-corrected chi connectivity index (χ4v) is 3.06. The lowest BCUT2D eigenvalue weighted by Gasteiger charge is -2.31. The van der Waals surface area contributed by atoms with Crippen molar-refractivity contribution in [2.45, 2.75) is 46.1 Å². The zero-order valence-electron chi connectivity index (χ0n) is 14.6. The Kier molecular flexibility index (Phi) is 6.59. The minimum atomic E-state index is -0.0537. The van der Waals surface area contributed by atoms with Gasteiger partial charge in [0.15, 0.2) is 0 Å². The van der Waals surface area contributed by atoms with Crippen LogP contribution in [0.25, 0.3) is 0 Å². The molecule has 6 nitrogen and oxygen atoms in total. The van der Waals surface area contributed by atoms with Gasteiger partial charge in [-0.05, 0) is 44.2 Å². The quantitative estimate of drug-likeness (QED) is 0.797. The molecule has 2 N–H and O–H groups in total. The Morgan fingerprint density at radius 2 is 2.30 bits per heavy atom. The number of aryl methyl sites for hydroxylation is 1. The standard InChI is InChI=1S/C17H30N4O2/c1-4-21-16(10-15(19-21)13(2)3)17(23)18-7-9-20-8-5-6-14(11-20)12-22/h10,13-14,22H,4-9,11-12H2,1-3H3,(H,18,23)/t14-/m0/s1. The molecule has 0 bridgehead atoms. The predicted molar refractivity (Wildman–Crippen MR) is 90.6 cm³/mol. The largest absolute Gasteiger partial charge is 0.396 e. The highest BCUT2D eigenvalue weighted by atomic mass is 16.3. The minimum absolute atomic E-state index is 0.0537. The first-order chi connectivity index (χ1) is 11.0. The van der Waals surface area contributed by atoms with E-state index >= 15 is 0 Å². The molecular weight excluding hydrogens is 292 g/mol. The predicted octanol–water partition coefficient (Wildman–Crippen LogP) is 1.46. The molecule has 2 heterocycles. The summed E-state index contributed by atoms with van der Waals surface area (Å²) in [5.41, 5.74) is 1.60. The van der Waals surface area contributed by atoms with Crippen molar-refractivity contribution in [3.05, 3.63) is 17.5 Å². The van der Waals surface area contributed by atoms with Crippen molar-refractivity contribution >= 4 is 5.91 Å². The summed E-state index contributed by atoms with van der Waals surface area (Å²) in [6, 6.07) is 1.90. The van der Waals surface area contributed by atoms with E-state index in [0.29, 0.717) is 30.6 Å². The molecule has 1 aliphatic heterocycles. The molecule has 2 rings (SSSR count). The number of carbonyl (C=O) groups is 1. The third-order valence-corrected chi connectivity index (χ3v) is 4.50. The van der Waals surface area contributed by atoms with E-state index in [1.807, 2.05) is 13.0 Å². The summed E-state index contributed by atoms with van der Waals surface area (Å²) >= 11 is 0. The van der Waals surface area contributed by atoms with E-state index in [1.54, 1.807) is 4.68 Å². The van der Waals surface area contributed by atoms with Crippen LogP contribution in [0, 0.1) is 5.92 Å². The normalized spacial score (nSPS) is 19.3. The summed E-state index contributed by atoms with van der Waals surface area (Å²) in [6.45, 7) is 10.6. The van der Waals surface area contributed by atoms with Crippen LogP contribution in [0.1, 0.15) is 55.7 Å². The van der Waals surface area contributed by atoms with Crippen molar-refractivity contribution in [1.82, 2.24) is 20.0 Å². The highest BCUT2D eigenvalue weighted by Gasteiger charge is 2.20. The summed E-state index contributed by atoms with van der Waals surface area (Å²) in [5.74, 6) is 0.648. The van der Waals surface area contributed by atoms with Crippen LogP contribution < -0.4 is 5.32 Å². The number of likely N-dealkylation sites (tertiary alicyclic amines) is 1. The lowest BCUT2D eigenvalue weighted by molar-refractivity contribution is 0.0920. The molecule has 23 heavy (non-hydrogen) atoms. The van der Waals surface area contributed by atoms with Gasteiger partial charge in [-0.2, -0.15) is 5.10 Å². The number of hydrogen-bond acceptors (Lipinski definition) is 4. The molecule has 0 saturated carbocycles. The molecule has 1 aliphatic rings. The molecule has 1 atom stereocenters. The van der Waals surface area contributed by atoms with E-state index in [4.69, 9.17) is 0 Å². The number of aliphatic hydroxyl groups excluding tert-OH is 1. The smallest absolute Gasteiger partial charge is 0.269 e. The molecule has 1 aromatic heterocycles. The number of piperidine rings is 1. The number of nitrogens with one attached hydrogen (secondary N) is 1. The number of carbonyl (C=O) groups excluding carboxylic acids is 1. The van der Waals surface area contributed by atoms with Crippen molar-refractivity contribution in [1.29, 1.82) is 0 Å². The second kappa shape index (κ2) is 8.45. The van der Waals surface area contributed by atoms with Gasteiger partial charge in [-0.25, -0.2) is 0 Å². The second-order valence-electron chi connectivity index (χ2n) is 6.67. The average Bonchev–Trinajstić information content (AvgIpc) is 2.99. The zero-order chi connectivity index (χ0) is 16.8. The molecule has 130 valence electrons. The van der Waals surface area contributed by atoms with Gasteiger partial charge >= 0.3 is 0 Å². The van der Waals surface area contributed by atoms with Gasteiger partial charge in [0.2, 0.25) is 0 Å². The van der Waals surface area contributed by atoms with Crippen LogP contribution in [-0.4, -0.2) is 58.5 Å². The zero-order valence-corrected chi connectivity index (χ0v) is 14.6. The Labute approximate surface area is 138 Å². The summed E-state index contributed by atoms with van der Waals surface area (Å²) in [5, 5.41) is 16.8. The minimum Gasteiger partial charge on any atom is -0.396 e. The van der Waals surface area contributed by atoms with Crippen LogP contribution >= 0.6 is 0 Å². The highest BCUT2D eigenvalue weighted by Crippen LogP contribution is 2.16. The lowest BCUT2D eigenvalue weighted by Crippen LogP contribution is -2.41. The van der Waals surface area contributed by atoms with Crippen LogP contribution in [-0.2, 0) is 6.54 Å². The van der Waals surface area contributed by atoms with Gasteiger partial charge in [-0.15, -0.1) is 0 Å². The highest BCUT2D eigenvalue weighted by molar-refractivity contribution is 5.92. The van der Waals surface area contributed by atoms with Gasteiger partial charge in [0.05, 0.1) is 5.69 Å². The van der Waals surface area contributed by atoms with Gasteiger partial charge in [0.1, 0.15) is 5.69 Å². The summed E-state index contributed by atoms with van der Waals surface area (Å²) < 4.78 is 1.77. The maximum atomic E-state index is 12.4. The number of rotatable bonds is 7. The maximum Gasteiger partial charge on any atom is 0.269 e. The monoisotopic (exact) mass is 322 g/mol. The van der Waals surface area contributed by atoms with Crippen LogP contribution in [0.2, 0.25) is 0 Å². The van der Waals surface area contributed by atoms with Crippen molar-refractivity contribution in [3.8, 4) is 0 Å². The van der Waals surface area contributed by atoms with E-state index in [2.05, 4.69) is 29.2 Å². The number of hydrogen-bond donors (Lipinski definition) is 2. The number of aromatic nitrogens is 2. The number of nitrogens with zero attached hydrogens (tertiary/aromatic N) is 3. The molecule has 0 spiro atoms. The third kappa shape index (κ3) is 4.78. The average molecular weight is 322 g/mol. The SMILES string of the molecule is CCn1nc(C(C)C)cc1C(=O)NCCN1CCC[C@H](CO)C1. The molecule has 1 fully saturated rings. The summed E-state index contributed by atoms with van der Waals surface area (Å²) in [4.78, 5) is 14.7. The van der Waals surface area contributed by atoms with Crippen LogP contribution in [0.3, 0.4) is 0 Å². The molecule has 0 unspecified atom stereocenters. The molecule has 6 heteroatoms. The van der Waals surface area contributed by atoms with Crippen molar-refractivity contribution in [2.75, 3.05) is 32.8 Å². The fourth-order valence-electron chi connectivity index (χ4n) is 3.06. The Morgan fingerprint density at radius 3 is 2.96 bits per heavy atom. The Morgan fingerprint density at radius 1 is 1.52 bits per heavy atom. The van der Waals surface area contributed by atoms with E-state index < -0.39 is 0 Å². The van der Waals surface area contributed by atoms with E-state index in [1.165, 1.54) is 0 Å². The van der Waals surface area contributed by atoms with Crippen molar-refractivity contribution < 1.29 is 9.90 Å². The first-order valence-electron chi connectivity index (χ1n) is 8.74. The second-order valence-corrected chi connectivity index (χ2v) is 6.67. The lowest BCUT2D eigenvalue weighted by atomic mass is 9.99. The molecule has 0 aromatic carbocycles. The van der Waals surface area contributed by atoms with Crippen molar-refractivity contribution in [2.24, 2.45) is 5.92 Å². The Hall–Kier alpha value is -1.40. The number of amides is 1. The Balaban J connectivity index is 1.85. The van der Waals surface area contributed by atoms with Gasteiger partial charge in [-0.3, -0.25) is 9.48 Å². The molecule has 1 saturated heterocycles. The van der Waals surface area contributed by atoms with E-state index in [9.17, 15) is 9.90 Å². The van der Waals surface area contributed by atoms with Crippen LogP contribution in [0.15, 0.2) is 6.07 Å². The molecular formula is C17H30N4O2. The van der Waals surface area contributed by atoms with Crippen LogP contribution in [0.4, 0.5) is 0 Å². The van der Waals surface area contributed by atoms with E-state index in [-0.39, 0.29) is 12.5 Å². The van der Waals surface area contributed by atoms with Crippen molar-refractivity contribution in [3.63, 3.8) is 0 Å². The third-order valence-electron chi connectivity index (χ3n) is 4.50. The first kappa shape index (κ1) is 17.9. The van der Waals surface area contributed by atoms with Gasteiger partial charge in [0, 0.05) is 32.8 Å².